The molecule has 0 unspecified atom stereocenters. The van der Waals surface area contributed by atoms with E-state index in [0.717, 1.165) is 25.9 Å². The van der Waals surface area contributed by atoms with Gasteiger partial charge >= 0.3 is 5.69 Å². The van der Waals surface area contributed by atoms with E-state index in [0.29, 0.717) is 16.9 Å². The Morgan fingerprint density at radius 2 is 2.11 bits per heavy atom. The highest BCUT2D eigenvalue weighted by Crippen LogP contribution is 2.40. The van der Waals surface area contributed by atoms with Crippen LogP contribution in [-0.4, -0.2) is 28.3 Å². The van der Waals surface area contributed by atoms with Crippen molar-refractivity contribution in [3.05, 3.63) is 16.2 Å². The second-order valence-corrected chi connectivity index (χ2v) is 4.25. The molecule has 0 atom stereocenters. The summed E-state index contributed by atoms with van der Waals surface area (Å²) in [6.45, 7) is 1.53. The summed E-state index contributed by atoms with van der Waals surface area (Å²) in [6, 6.07) is 1.56. The summed E-state index contributed by atoms with van der Waals surface area (Å²) in [5.41, 5.74) is 7.02. The molecule has 0 bridgehead atoms. The van der Waals surface area contributed by atoms with Crippen LogP contribution in [0, 0.1) is 10.1 Å². The monoisotopic (exact) mass is 249 g/mol. The fourth-order valence-corrected chi connectivity index (χ4v) is 2.37. The number of aromatic nitrogens is 2. The van der Waals surface area contributed by atoms with Crippen molar-refractivity contribution < 1.29 is 9.55 Å². The van der Waals surface area contributed by atoms with E-state index >= 15 is 0 Å². The van der Waals surface area contributed by atoms with Gasteiger partial charge in [0.25, 0.3) is 0 Å². The Morgan fingerprint density at radius 1 is 1.39 bits per heavy atom. The lowest BCUT2D eigenvalue weighted by atomic mass is 10.2. The van der Waals surface area contributed by atoms with Gasteiger partial charge in [-0.25, -0.2) is 4.63 Å². The highest BCUT2D eigenvalue weighted by molar-refractivity contribution is 5.97. The molecule has 1 fully saturated rings. The summed E-state index contributed by atoms with van der Waals surface area (Å²) in [4.78, 5) is 12.7. The fourth-order valence-electron chi connectivity index (χ4n) is 2.37. The van der Waals surface area contributed by atoms with Gasteiger partial charge < -0.3 is 10.6 Å². The number of benzene rings is 1. The van der Waals surface area contributed by atoms with Gasteiger partial charge in [-0.2, -0.15) is 0 Å². The summed E-state index contributed by atoms with van der Waals surface area (Å²) >= 11 is 0. The Labute approximate surface area is 101 Å². The summed E-state index contributed by atoms with van der Waals surface area (Å²) in [5.74, 6) is 0. The number of nitro groups is 1. The maximum absolute atomic E-state index is 11.3. The molecule has 8 nitrogen and oxygen atoms in total. The quantitative estimate of drug-likeness (QED) is 0.485. The zero-order valence-corrected chi connectivity index (χ0v) is 9.50. The van der Waals surface area contributed by atoms with Gasteiger partial charge in [0.15, 0.2) is 0 Å². The third kappa shape index (κ3) is 1.45. The van der Waals surface area contributed by atoms with Crippen molar-refractivity contribution in [2.24, 2.45) is 0 Å². The molecule has 0 amide bonds. The Balaban J connectivity index is 2.30. The number of fused-ring (bicyclic) bond motifs is 1. The van der Waals surface area contributed by atoms with Crippen LogP contribution in [0.15, 0.2) is 10.7 Å². The number of anilines is 2. The van der Waals surface area contributed by atoms with Crippen molar-refractivity contribution >= 4 is 28.1 Å². The van der Waals surface area contributed by atoms with E-state index in [2.05, 4.69) is 14.9 Å². The SMILES string of the molecule is Nc1cc2nonc2c([N+](=O)[O-])c1N1CCCC1. The van der Waals surface area contributed by atoms with E-state index in [-0.39, 0.29) is 11.2 Å². The lowest BCUT2D eigenvalue weighted by molar-refractivity contribution is -0.382. The molecule has 2 N–H and O–H groups in total. The molecule has 0 saturated carbocycles. The summed E-state index contributed by atoms with van der Waals surface area (Å²) < 4.78 is 4.55. The second-order valence-electron chi connectivity index (χ2n) is 4.25. The Bertz CT molecular complexity index is 617. The Kier molecular flexibility index (Phi) is 2.29. The van der Waals surface area contributed by atoms with E-state index in [4.69, 9.17) is 5.73 Å². The number of rotatable bonds is 2. The molecule has 2 heterocycles. The molecular weight excluding hydrogens is 238 g/mol. The van der Waals surface area contributed by atoms with Gasteiger partial charge in [0.2, 0.25) is 5.52 Å². The van der Waals surface area contributed by atoms with Gasteiger partial charge in [-0.05, 0) is 29.2 Å². The molecule has 1 saturated heterocycles. The Hall–Kier alpha value is -2.38. The van der Waals surface area contributed by atoms with Gasteiger partial charge in [0.05, 0.1) is 10.6 Å². The first-order valence-corrected chi connectivity index (χ1v) is 5.62. The molecule has 8 heteroatoms. The molecule has 0 radical (unpaired) electrons. The zero-order valence-electron chi connectivity index (χ0n) is 9.50. The van der Waals surface area contributed by atoms with Gasteiger partial charge in [0, 0.05) is 13.1 Å². The topological polar surface area (TPSA) is 111 Å². The van der Waals surface area contributed by atoms with Crippen molar-refractivity contribution in [3.63, 3.8) is 0 Å². The lowest BCUT2D eigenvalue weighted by Gasteiger charge is -2.19. The lowest BCUT2D eigenvalue weighted by Crippen LogP contribution is -2.20. The first kappa shape index (κ1) is 10.8. The number of hydrogen-bond donors (Lipinski definition) is 1. The number of nitro benzene ring substituents is 1. The van der Waals surface area contributed by atoms with Gasteiger partial charge in [-0.3, -0.25) is 10.1 Å². The number of hydrogen-bond acceptors (Lipinski definition) is 7. The minimum absolute atomic E-state index is 0.117. The molecule has 0 spiro atoms. The second kappa shape index (κ2) is 3.83. The van der Waals surface area contributed by atoms with Crippen LogP contribution in [0.1, 0.15) is 12.8 Å². The van der Waals surface area contributed by atoms with E-state index in [1.165, 1.54) is 0 Å². The van der Waals surface area contributed by atoms with Crippen molar-refractivity contribution in [1.82, 2.24) is 10.3 Å². The summed E-state index contributed by atoms with van der Waals surface area (Å²) in [5, 5.41) is 18.5. The van der Waals surface area contributed by atoms with Crippen LogP contribution in [0.25, 0.3) is 11.0 Å². The molecular formula is C10H11N5O3. The van der Waals surface area contributed by atoms with Crippen molar-refractivity contribution in [3.8, 4) is 0 Å². The highest BCUT2D eigenvalue weighted by Gasteiger charge is 2.30. The van der Waals surface area contributed by atoms with Crippen LogP contribution in [-0.2, 0) is 0 Å². The summed E-state index contributed by atoms with van der Waals surface area (Å²) in [7, 11) is 0. The van der Waals surface area contributed by atoms with Crippen LogP contribution in [0.2, 0.25) is 0 Å². The average molecular weight is 249 g/mol. The van der Waals surface area contributed by atoms with E-state index in [9.17, 15) is 10.1 Å². The summed E-state index contributed by atoms with van der Waals surface area (Å²) in [6.07, 6.45) is 2.01. The molecule has 1 aromatic heterocycles. The first-order chi connectivity index (χ1) is 8.68. The van der Waals surface area contributed by atoms with Crippen molar-refractivity contribution in [1.29, 1.82) is 0 Å². The van der Waals surface area contributed by atoms with Gasteiger partial charge in [0.1, 0.15) is 11.2 Å². The maximum atomic E-state index is 11.3. The number of nitrogens with two attached hydrogens (primary N) is 1. The molecule has 94 valence electrons. The molecule has 0 aliphatic carbocycles. The number of nitrogens with zero attached hydrogens (tertiary/aromatic N) is 4. The first-order valence-electron chi connectivity index (χ1n) is 5.62. The zero-order chi connectivity index (χ0) is 12.7. The van der Waals surface area contributed by atoms with Gasteiger partial charge in [-0.1, -0.05) is 0 Å². The maximum Gasteiger partial charge on any atom is 0.325 e. The van der Waals surface area contributed by atoms with Gasteiger partial charge in [-0.15, -0.1) is 0 Å². The van der Waals surface area contributed by atoms with Crippen LogP contribution in [0.4, 0.5) is 17.1 Å². The standard InChI is InChI=1S/C10H11N5O3/c11-6-5-7-8(13-18-12-7)10(15(16)17)9(6)14-3-1-2-4-14/h5H,1-4,11H2. The van der Waals surface area contributed by atoms with Crippen LogP contribution >= 0.6 is 0 Å². The highest BCUT2D eigenvalue weighted by atomic mass is 16.6. The van der Waals surface area contributed by atoms with E-state index in [1.807, 2.05) is 4.90 Å². The molecule has 18 heavy (non-hydrogen) atoms. The Morgan fingerprint density at radius 3 is 2.78 bits per heavy atom. The predicted molar refractivity (Wildman–Crippen MR) is 64.3 cm³/mol. The van der Waals surface area contributed by atoms with Crippen LogP contribution in [0.3, 0.4) is 0 Å². The largest absolute Gasteiger partial charge is 0.397 e. The van der Waals surface area contributed by atoms with Crippen LogP contribution in [0.5, 0.6) is 0 Å². The molecule has 1 aromatic carbocycles. The fraction of sp³-hybridized carbons (Fsp3) is 0.400. The van der Waals surface area contributed by atoms with Crippen molar-refractivity contribution in [2.75, 3.05) is 23.7 Å². The van der Waals surface area contributed by atoms with Crippen molar-refractivity contribution in [2.45, 2.75) is 12.8 Å². The van der Waals surface area contributed by atoms with Crippen LogP contribution < -0.4 is 10.6 Å². The molecule has 3 rings (SSSR count). The minimum atomic E-state index is -0.476. The smallest absolute Gasteiger partial charge is 0.325 e. The predicted octanol–water partition coefficient (Wildman–Crippen LogP) is 1.31. The molecule has 2 aromatic rings. The number of nitrogen functional groups attached to an aromatic ring is 1. The molecule has 1 aliphatic rings. The third-order valence-electron chi connectivity index (χ3n) is 3.13. The van der Waals surface area contributed by atoms with E-state index < -0.39 is 4.92 Å². The minimum Gasteiger partial charge on any atom is -0.397 e. The normalized spacial score (nSPS) is 15.4. The third-order valence-corrected chi connectivity index (χ3v) is 3.13. The average Bonchev–Trinajstić information content (AvgIpc) is 2.95. The molecule has 1 aliphatic heterocycles. The van der Waals surface area contributed by atoms with E-state index in [1.54, 1.807) is 6.07 Å².